The van der Waals surface area contributed by atoms with Crippen molar-refractivity contribution in [3.8, 4) is 0 Å². The van der Waals surface area contributed by atoms with E-state index in [4.69, 9.17) is 5.73 Å². The molecule has 2 aromatic heterocycles. The van der Waals surface area contributed by atoms with Crippen LogP contribution in [0.1, 0.15) is 25.2 Å². The summed E-state index contributed by atoms with van der Waals surface area (Å²) in [7, 11) is -3.41. The molecule has 19 heavy (non-hydrogen) atoms. The number of rotatable bonds is 5. The minimum Gasteiger partial charge on any atom is -0.382 e. The summed E-state index contributed by atoms with van der Waals surface area (Å²) in [5.74, 6) is 0.776. The molecule has 0 saturated heterocycles. The van der Waals surface area contributed by atoms with E-state index in [2.05, 4.69) is 19.7 Å². The van der Waals surface area contributed by atoms with Crippen molar-refractivity contribution in [1.82, 2.24) is 14.3 Å². The average Bonchev–Trinajstić information content (AvgIpc) is 2.94. The minimum atomic E-state index is -3.41. The van der Waals surface area contributed by atoms with Gasteiger partial charge in [0.05, 0.1) is 6.04 Å². The van der Waals surface area contributed by atoms with Gasteiger partial charge in [0.25, 0.3) is 0 Å². The molecule has 4 N–H and O–H groups in total. The number of nitrogens with zero attached hydrogens (tertiary/aromatic N) is 2. The molecule has 2 rings (SSSR count). The molecule has 0 aromatic carbocycles. The molecule has 0 saturated carbocycles. The highest BCUT2D eigenvalue weighted by atomic mass is 32.2. The number of imidazole rings is 1. The summed E-state index contributed by atoms with van der Waals surface area (Å²) >= 11 is 1.04. The van der Waals surface area contributed by atoms with Crippen LogP contribution in [-0.2, 0) is 9.84 Å². The van der Waals surface area contributed by atoms with Gasteiger partial charge in [0.1, 0.15) is 15.7 Å². The van der Waals surface area contributed by atoms with E-state index in [1.807, 2.05) is 6.92 Å². The maximum atomic E-state index is 11.7. The van der Waals surface area contributed by atoms with Crippen LogP contribution in [0.15, 0.2) is 17.3 Å². The largest absolute Gasteiger partial charge is 0.382 e. The van der Waals surface area contributed by atoms with Crippen molar-refractivity contribution in [3.63, 3.8) is 0 Å². The summed E-state index contributed by atoms with van der Waals surface area (Å²) in [5, 5.41) is 3.58. The zero-order chi connectivity index (χ0) is 14.0. The second kappa shape index (κ2) is 5.17. The molecular weight excluding hydrogens is 286 g/mol. The average molecular weight is 301 g/mol. The monoisotopic (exact) mass is 301 g/mol. The van der Waals surface area contributed by atoms with Crippen molar-refractivity contribution in [2.24, 2.45) is 0 Å². The first-order chi connectivity index (χ1) is 8.93. The van der Waals surface area contributed by atoms with Gasteiger partial charge in [-0.15, -0.1) is 0 Å². The van der Waals surface area contributed by atoms with Crippen LogP contribution in [0.25, 0.3) is 0 Å². The molecule has 0 radical (unpaired) electrons. The fourth-order valence-electron chi connectivity index (χ4n) is 1.73. The van der Waals surface area contributed by atoms with Crippen LogP contribution in [-0.4, -0.2) is 29.0 Å². The molecule has 104 valence electrons. The van der Waals surface area contributed by atoms with Gasteiger partial charge in [0.15, 0.2) is 15.7 Å². The van der Waals surface area contributed by atoms with E-state index in [-0.39, 0.29) is 16.8 Å². The van der Waals surface area contributed by atoms with Gasteiger partial charge in [-0.2, -0.15) is 4.37 Å². The van der Waals surface area contributed by atoms with Gasteiger partial charge >= 0.3 is 0 Å². The molecule has 0 aliphatic rings. The third kappa shape index (κ3) is 2.87. The number of hydrogen-bond acceptors (Lipinski definition) is 7. The topological polar surface area (TPSA) is 114 Å². The van der Waals surface area contributed by atoms with Crippen molar-refractivity contribution in [2.75, 3.05) is 17.3 Å². The third-order valence-electron chi connectivity index (χ3n) is 2.61. The highest BCUT2D eigenvalue weighted by molar-refractivity contribution is 7.91. The maximum absolute atomic E-state index is 11.7. The van der Waals surface area contributed by atoms with Crippen LogP contribution in [0.5, 0.6) is 0 Å². The van der Waals surface area contributed by atoms with E-state index in [0.29, 0.717) is 5.00 Å². The second-order valence-corrected chi connectivity index (χ2v) is 6.80. The number of sulfone groups is 1. The van der Waals surface area contributed by atoms with Crippen molar-refractivity contribution < 1.29 is 8.42 Å². The Balaban J connectivity index is 2.34. The second-order valence-electron chi connectivity index (χ2n) is 4.08. The zero-order valence-corrected chi connectivity index (χ0v) is 12.2. The van der Waals surface area contributed by atoms with Crippen LogP contribution in [0.4, 0.5) is 10.8 Å². The Morgan fingerprint density at radius 2 is 2.32 bits per heavy atom. The van der Waals surface area contributed by atoms with Crippen LogP contribution < -0.4 is 11.1 Å². The zero-order valence-electron chi connectivity index (χ0n) is 10.5. The van der Waals surface area contributed by atoms with Crippen LogP contribution in [0.3, 0.4) is 0 Å². The molecule has 9 heteroatoms. The molecule has 0 aliphatic carbocycles. The lowest BCUT2D eigenvalue weighted by atomic mass is 10.2. The summed E-state index contributed by atoms with van der Waals surface area (Å²) in [6.45, 7) is 1.98. The molecule has 7 nitrogen and oxygen atoms in total. The van der Waals surface area contributed by atoms with Gasteiger partial charge in [0, 0.05) is 18.6 Å². The number of nitrogen functional groups attached to an aromatic ring is 1. The van der Waals surface area contributed by atoms with Gasteiger partial charge < -0.3 is 16.0 Å². The first-order valence-electron chi connectivity index (χ1n) is 5.64. The van der Waals surface area contributed by atoms with Crippen molar-refractivity contribution in [1.29, 1.82) is 0 Å². The maximum Gasteiger partial charge on any atom is 0.182 e. The van der Waals surface area contributed by atoms with Crippen LogP contribution in [0, 0.1) is 0 Å². The number of aromatic nitrogens is 3. The Morgan fingerprint density at radius 3 is 2.84 bits per heavy atom. The molecule has 0 aliphatic heterocycles. The van der Waals surface area contributed by atoms with Crippen molar-refractivity contribution >= 4 is 32.2 Å². The Labute approximate surface area is 115 Å². The minimum absolute atomic E-state index is 0.0318. The lowest BCUT2D eigenvalue weighted by molar-refractivity contribution is 0.602. The van der Waals surface area contributed by atoms with E-state index in [1.54, 1.807) is 12.4 Å². The third-order valence-corrected chi connectivity index (χ3v) is 4.68. The molecule has 0 spiro atoms. The molecule has 0 amide bonds. The number of aromatic amines is 1. The standard InChI is InChI=1S/C10H15N5O2S2/c1-3-6(9-12-4-5-13-9)14-10-7(19(2,16)17)8(11)15-18-10/h4-6,14H,3H2,1-2H3,(H2,11,15)(H,12,13). The Bertz CT molecular complexity index is 648. The summed E-state index contributed by atoms with van der Waals surface area (Å²) in [6, 6.07) is -0.115. The Hall–Kier alpha value is -1.61. The summed E-state index contributed by atoms with van der Waals surface area (Å²) in [4.78, 5) is 7.23. The predicted molar refractivity (Wildman–Crippen MR) is 74.9 cm³/mol. The highest BCUT2D eigenvalue weighted by Gasteiger charge is 2.23. The molecule has 2 heterocycles. The first kappa shape index (κ1) is 13.8. The normalized spacial score (nSPS) is 13.4. The molecule has 2 aromatic rings. The van der Waals surface area contributed by atoms with Gasteiger partial charge in [-0.1, -0.05) is 6.92 Å². The SMILES string of the molecule is CCC(Nc1snc(N)c1S(C)(=O)=O)c1ncc[nH]1. The molecular formula is C10H15N5O2S2. The van der Waals surface area contributed by atoms with E-state index in [0.717, 1.165) is 30.0 Å². The molecule has 1 atom stereocenters. The number of H-pyrrole nitrogens is 1. The number of hydrogen-bond donors (Lipinski definition) is 3. The molecule has 0 fully saturated rings. The fraction of sp³-hybridized carbons (Fsp3) is 0.400. The van der Waals surface area contributed by atoms with Crippen molar-refractivity contribution in [2.45, 2.75) is 24.3 Å². The molecule has 1 unspecified atom stereocenters. The van der Waals surface area contributed by atoms with Gasteiger partial charge in [-0.3, -0.25) is 0 Å². The quantitative estimate of drug-likeness (QED) is 0.769. The Kier molecular flexibility index (Phi) is 3.76. The van der Waals surface area contributed by atoms with E-state index in [1.165, 1.54) is 0 Å². The van der Waals surface area contributed by atoms with Crippen molar-refractivity contribution in [3.05, 3.63) is 18.2 Å². The lowest BCUT2D eigenvalue weighted by Crippen LogP contribution is -2.13. The van der Waals surface area contributed by atoms with E-state index >= 15 is 0 Å². The summed E-state index contributed by atoms with van der Waals surface area (Å²) in [6.07, 6.45) is 5.23. The summed E-state index contributed by atoms with van der Waals surface area (Å²) < 4.78 is 27.3. The van der Waals surface area contributed by atoms with E-state index in [9.17, 15) is 8.42 Å². The smallest absolute Gasteiger partial charge is 0.182 e. The van der Waals surface area contributed by atoms with Gasteiger partial charge in [0.2, 0.25) is 0 Å². The van der Waals surface area contributed by atoms with Gasteiger partial charge in [-0.25, -0.2) is 13.4 Å². The van der Waals surface area contributed by atoms with Gasteiger partial charge in [-0.05, 0) is 18.0 Å². The summed E-state index contributed by atoms with van der Waals surface area (Å²) in [5.41, 5.74) is 5.62. The lowest BCUT2D eigenvalue weighted by Gasteiger charge is -2.15. The molecule has 0 bridgehead atoms. The van der Waals surface area contributed by atoms with Crippen LogP contribution >= 0.6 is 11.5 Å². The number of nitrogens with two attached hydrogens (primary N) is 1. The number of anilines is 2. The van der Waals surface area contributed by atoms with Crippen LogP contribution in [0.2, 0.25) is 0 Å². The number of nitrogens with one attached hydrogen (secondary N) is 2. The fourth-order valence-corrected chi connectivity index (χ4v) is 3.84. The Morgan fingerprint density at radius 1 is 1.58 bits per heavy atom. The van der Waals surface area contributed by atoms with E-state index < -0.39 is 9.84 Å². The highest BCUT2D eigenvalue weighted by Crippen LogP contribution is 2.34. The predicted octanol–water partition coefficient (Wildman–Crippen LogP) is 1.42. The first-order valence-corrected chi connectivity index (χ1v) is 8.31.